The van der Waals surface area contributed by atoms with Crippen molar-refractivity contribution >= 4 is 33.2 Å². The molecule has 1 aliphatic heterocycles. The van der Waals surface area contributed by atoms with Crippen molar-refractivity contribution in [2.75, 3.05) is 23.7 Å². The van der Waals surface area contributed by atoms with Crippen molar-refractivity contribution in [1.29, 1.82) is 0 Å². The molecule has 1 heterocycles. The van der Waals surface area contributed by atoms with Crippen molar-refractivity contribution in [2.45, 2.75) is 51.7 Å². The Morgan fingerprint density at radius 1 is 1.09 bits per heavy atom. The highest BCUT2D eigenvalue weighted by Crippen LogP contribution is 2.25. The van der Waals surface area contributed by atoms with Crippen LogP contribution in [-0.4, -0.2) is 44.6 Å². The quantitative estimate of drug-likeness (QED) is 0.588. The lowest BCUT2D eigenvalue weighted by molar-refractivity contribution is -0.122. The maximum atomic E-state index is 13.0. The number of carbonyl (C=O) groups is 1. The van der Waals surface area contributed by atoms with Crippen LogP contribution in [0.25, 0.3) is 0 Å². The molecule has 1 saturated heterocycles. The summed E-state index contributed by atoms with van der Waals surface area (Å²) in [5.41, 5.74) is 2.62. The number of likely N-dealkylation sites (tertiary alicyclic amines) is 1. The van der Waals surface area contributed by atoms with Crippen LogP contribution in [0.15, 0.2) is 48.5 Å². The molecule has 1 amide bonds. The fourth-order valence-electron chi connectivity index (χ4n) is 4.12. The second-order valence-corrected chi connectivity index (χ2v) is 10.6. The van der Waals surface area contributed by atoms with Crippen LogP contribution in [0.4, 0.5) is 5.69 Å². The molecule has 1 N–H and O–H groups in total. The van der Waals surface area contributed by atoms with E-state index in [9.17, 15) is 13.2 Å². The largest absolute Gasteiger partial charge is 0.350 e. The Labute approximate surface area is 196 Å². The van der Waals surface area contributed by atoms with E-state index < -0.39 is 16.1 Å². The van der Waals surface area contributed by atoms with E-state index >= 15 is 0 Å². The zero-order valence-electron chi connectivity index (χ0n) is 18.8. The van der Waals surface area contributed by atoms with Gasteiger partial charge in [0.2, 0.25) is 15.9 Å². The molecule has 1 unspecified atom stereocenters. The monoisotopic (exact) mass is 477 g/mol. The predicted octanol–water partition coefficient (Wildman–Crippen LogP) is 4.19. The first-order chi connectivity index (χ1) is 15.3. The van der Waals surface area contributed by atoms with Gasteiger partial charge >= 0.3 is 0 Å². The molecule has 8 heteroatoms. The standard InChI is InChI=1S/C24H32ClN3O3S/c1-3-23(28(32(2,30)31)22-9-7-8-21(25)16-22)24(29)26-17-19-10-12-20(13-11-19)18-27-14-5-4-6-15-27/h7-13,16,23H,3-6,14-15,17-18H2,1-2H3,(H,26,29). The second-order valence-electron chi connectivity index (χ2n) is 8.33. The molecule has 1 aliphatic rings. The number of benzene rings is 2. The molecule has 0 aromatic heterocycles. The predicted molar refractivity (Wildman–Crippen MR) is 130 cm³/mol. The molecule has 0 radical (unpaired) electrons. The van der Waals surface area contributed by atoms with E-state index in [4.69, 9.17) is 11.6 Å². The van der Waals surface area contributed by atoms with Gasteiger partial charge in [0.1, 0.15) is 6.04 Å². The van der Waals surface area contributed by atoms with E-state index in [2.05, 4.69) is 22.3 Å². The van der Waals surface area contributed by atoms with Gasteiger partial charge in [-0.15, -0.1) is 0 Å². The lowest BCUT2D eigenvalue weighted by atomic mass is 10.1. The van der Waals surface area contributed by atoms with Gasteiger partial charge in [0.05, 0.1) is 11.9 Å². The van der Waals surface area contributed by atoms with Gasteiger partial charge in [-0.2, -0.15) is 0 Å². The number of hydrogen-bond acceptors (Lipinski definition) is 4. The lowest BCUT2D eigenvalue weighted by Gasteiger charge is -2.30. The zero-order chi connectivity index (χ0) is 23.1. The SMILES string of the molecule is CCC(C(=O)NCc1ccc(CN2CCCCC2)cc1)N(c1cccc(Cl)c1)S(C)(=O)=O. The highest BCUT2D eigenvalue weighted by atomic mass is 35.5. The first-order valence-corrected chi connectivity index (χ1v) is 13.3. The summed E-state index contributed by atoms with van der Waals surface area (Å²) in [4.78, 5) is 15.4. The van der Waals surface area contributed by atoms with Crippen molar-refractivity contribution in [3.8, 4) is 0 Å². The highest BCUT2D eigenvalue weighted by molar-refractivity contribution is 7.92. The molecule has 0 bridgehead atoms. The van der Waals surface area contributed by atoms with Gasteiger partial charge in [-0.3, -0.25) is 14.0 Å². The molecule has 0 aliphatic carbocycles. The van der Waals surface area contributed by atoms with Crippen LogP contribution in [-0.2, 0) is 27.9 Å². The summed E-state index contributed by atoms with van der Waals surface area (Å²) >= 11 is 6.06. The van der Waals surface area contributed by atoms with Crippen molar-refractivity contribution in [1.82, 2.24) is 10.2 Å². The van der Waals surface area contributed by atoms with Crippen molar-refractivity contribution in [3.63, 3.8) is 0 Å². The fraction of sp³-hybridized carbons (Fsp3) is 0.458. The summed E-state index contributed by atoms with van der Waals surface area (Å²) in [7, 11) is -3.68. The second kappa shape index (κ2) is 11.2. The van der Waals surface area contributed by atoms with Gasteiger partial charge in [0, 0.05) is 18.1 Å². The van der Waals surface area contributed by atoms with Gasteiger partial charge in [-0.05, 0) is 61.7 Å². The van der Waals surface area contributed by atoms with Gasteiger partial charge in [0.25, 0.3) is 0 Å². The number of halogens is 1. The molecule has 6 nitrogen and oxygen atoms in total. The molecule has 2 aromatic carbocycles. The Morgan fingerprint density at radius 2 is 1.75 bits per heavy atom. The highest BCUT2D eigenvalue weighted by Gasteiger charge is 2.31. The fourth-order valence-corrected chi connectivity index (χ4v) is 5.51. The average molecular weight is 478 g/mol. The van der Waals surface area contributed by atoms with Crippen LogP contribution in [0, 0.1) is 0 Å². The zero-order valence-corrected chi connectivity index (χ0v) is 20.3. The number of nitrogens with zero attached hydrogens (tertiary/aromatic N) is 2. The van der Waals surface area contributed by atoms with Crippen molar-refractivity contribution in [2.24, 2.45) is 0 Å². The van der Waals surface area contributed by atoms with E-state index in [1.807, 2.05) is 12.1 Å². The normalized spacial score (nSPS) is 15.8. The minimum absolute atomic E-state index is 0.334. The number of hydrogen-bond donors (Lipinski definition) is 1. The number of nitrogens with one attached hydrogen (secondary N) is 1. The molecule has 2 aromatic rings. The number of anilines is 1. The molecule has 1 fully saturated rings. The molecule has 0 saturated carbocycles. The summed E-state index contributed by atoms with van der Waals surface area (Å²) in [5.74, 6) is -0.338. The first-order valence-electron chi connectivity index (χ1n) is 11.1. The lowest BCUT2D eigenvalue weighted by Crippen LogP contribution is -2.49. The van der Waals surface area contributed by atoms with Crippen molar-refractivity contribution < 1.29 is 13.2 Å². The van der Waals surface area contributed by atoms with Crippen LogP contribution in [0.2, 0.25) is 5.02 Å². The summed E-state index contributed by atoms with van der Waals surface area (Å²) in [5, 5.41) is 3.31. The molecule has 1 atom stereocenters. The summed E-state index contributed by atoms with van der Waals surface area (Å²) < 4.78 is 26.2. The third-order valence-corrected chi connectivity index (χ3v) is 7.15. The first kappa shape index (κ1) is 24.6. The van der Waals surface area contributed by atoms with Crippen LogP contribution >= 0.6 is 11.6 Å². The summed E-state index contributed by atoms with van der Waals surface area (Å²) in [6.07, 6.45) is 5.29. The van der Waals surface area contributed by atoms with Crippen LogP contribution in [0.3, 0.4) is 0 Å². The van der Waals surface area contributed by atoms with E-state index in [0.29, 0.717) is 23.7 Å². The topological polar surface area (TPSA) is 69.7 Å². The van der Waals surface area contributed by atoms with Crippen LogP contribution in [0.1, 0.15) is 43.7 Å². The third kappa shape index (κ3) is 6.70. The Balaban J connectivity index is 1.65. The Hall–Kier alpha value is -2.09. The number of sulfonamides is 1. The van der Waals surface area contributed by atoms with E-state index in [1.54, 1.807) is 31.2 Å². The maximum absolute atomic E-state index is 13.0. The third-order valence-electron chi connectivity index (χ3n) is 5.74. The Kier molecular flexibility index (Phi) is 8.57. The number of amides is 1. The molecular formula is C24H32ClN3O3S. The van der Waals surface area contributed by atoms with E-state index in [1.165, 1.54) is 24.8 Å². The minimum atomic E-state index is -3.68. The molecule has 0 spiro atoms. The average Bonchev–Trinajstić information content (AvgIpc) is 2.76. The van der Waals surface area contributed by atoms with E-state index in [0.717, 1.165) is 35.8 Å². The molecular weight excluding hydrogens is 446 g/mol. The maximum Gasteiger partial charge on any atom is 0.244 e. The Bertz CT molecular complexity index is 1010. The Morgan fingerprint density at radius 3 is 2.34 bits per heavy atom. The van der Waals surface area contributed by atoms with Crippen molar-refractivity contribution in [3.05, 3.63) is 64.7 Å². The van der Waals surface area contributed by atoms with Gasteiger partial charge in [-0.25, -0.2) is 8.42 Å². The molecule has 174 valence electrons. The number of rotatable bonds is 9. The minimum Gasteiger partial charge on any atom is -0.350 e. The molecule has 32 heavy (non-hydrogen) atoms. The van der Waals surface area contributed by atoms with Crippen LogP contribution in [0.5, 0.6) is 0 Å². The summed E-state index contributed by atoms with van der Waals surface area (Å²) in [6.45, 7) is 5.39. The van der Waals surface area contributed by atoms with Gasteiger partial charge in [0.15, 0.2) is 0 Å². The summed E-state index contributed by atoms with van der Waals surface area (Å²) in [6, 6.07) is 13.9. The van der Waals surface area contributed by atoms with Gasteiger partial charge < -0.3 is 5.32 Å². The number of carbonyl (C=O) groups excluding carboxylic acids is 1. The number of piperidine rings is 1. The smallest absolute Gasteiger partial charge is 0.244 e. The van der Waals surface area contributed by atoms with Gasteiger partial charge in [-0.1, -0.05) is 55.3 Å². The van der Waals surface area contributed by atoms with E-state index in [-0.39, 0.29) is 5.91 Å². The van der Waals surface area contributed by atoms with Crippen LogP contribution < -0.4 is 9.62 Å². The molecule has 3 rings (SSSR count).